The van der Waals surface area contributed by atoms with Gasteiger partial charge in [0, 0.05) is 31.6 Å². The highest BCUT2D eigenvalue weighted by Gasteiger charge is 2.27. The third kappa shape index (κ3) is 4.76. The third-order valence-electron chi connectivity index (χ3n) is 3.94. The molecule has 0 radical (unpaired) electrons. The molecule has 1 aliphatic rings. The summed E-state index contributed by atoms with van der Waals surface area (Å²) in [5.41, 5.74) is 0.391. The molecule has 0 bridgehead atoms. The smallest absolute Gasteiger partial charge is 0.251 e. The summed E-state index contributed by atoms with van der Waals surface area (Å²) < 4.78 is 26.6. The number of amides is 1. The number of hydrogen-bond donors (Lipinski definition) is 2. The van der Waals surface area contributed by atoms with Crippen molar-refractivity contribution in [1.82, 2.24) is 9.62 Å². The minimum Gasteiger partial charge on any atom is -0.352 e. The lowest BCUT2D eigenvalue weighted by atomic mass is 10.2. The fourth-order valence-electron chi connectivity index (χ4n) is 2.62. The molecule has 0 atom stereocenters. The Kier molecular flexibility index (Phi) is 6.15. The average Bonchev–Trinajstić information content (AvgIpc) is 3.06. The van der Waals surface area contributed by atoms with Crippen molar-refractivity contribution in [1.29, 1.82) is 0 Å². The Labute approximate surface area is 138 Å². The van der Waals surface area contributed by atoms with Crippen LogP contribution in [-0.4, -0.2) is 58.9 Å². The molecular formula is C16H26N3O3S+. The quantitative estimate of drug-likeness (QED) is 0.672. The zero-order valence-corrected chi connectivity index (χ0v) is 14.7. The predicted octanol–water partition coefficient (Wildman–Crippen LogP) is -0.264. The molecule has 6 nitrogen and oxygen atoms in total. The van der Waals surface area contributed by atoms with Crippen molar-refractivity contribution in [3.05, 3.63) is 29.8 Å². The molecule has 128 valence electrons. The minimum atomic E-state index is -3.48. The number of quaternary nitrogens is 1. The minimum absolute atomic E-state index is 0.199. The van der Waals surface area contributed by atoms with E-state index in [2.05, 4.69) is 19.4 Å². The molecule has 1 aromatic rings. The van der Waals surface area contributed by atoms with Crippen molar-refractivity contribution >= 4 is 15.9 Å². The van der Waals surface area contributed by atoms with Gasteiger partial charge >= 0.3 is 0 Å². The van der Waals surface area contributed by atoms with Gasteiger partial charge in [-0.25, -0.2) is 8.42 Å². The maximum Gasteiger partial charge on any atom is 0.251 e. The molecule has 1 fully saturated rings. The molecule has 2 N–H and O–H groups in total. The van der Waals surface area contributed by atoms with E-state index in [-0.39, 0.29) is 10.8 Å². The maximum absolute atomic E-state index is 12.5. The Balaban J connectivity index is 2.03. The Bertz CT molecular complexity index is 638. The van der Waals surface area contributed by atoms with E-state index in [9.17, 15) is 13.2 Å². The Morgan fingerprint density at radius 2 is 1.96 bits per heavy atom. The van der Waals surface area contributed by atoms with Crippen LogP contribution in [-0.2, 0) is 10.0 Å². The number of nitrogens with one attached hydrogen (secondary N) is 2. The van der Waals surface area contributed by atoms with Crippen LogP contribution in [0.5, 0.6) is 0 Å². The van der Waals surface area contributed by atoms with Crippen LogP contribution >= 0.6 is 0 Å². The fourth-order valence-corrected chi connectivity index (χ4v) is 4.18. The highest BCUT2D eigenvalue weighted by Crippen LogP contribution is 2.21. The van der Waals surface area contributed by atoms with E-state index >= 15 is 0 Å². The SMILES string of the molecule is C[NH+](C)CCCNC(=O)c1cccc(S(=O)(=O)N2CCCC2)c1. The van der Waals surface area contributed by atoms with Crippen LogP contribution in [0.15, 0.2) is 29.2 Å². The van der Waals surface area contributed by atoms with Crippen molar-refractivity contribution in [2.45, 2.75) is 24.2 Å². The zero-order valence-electron chi connectivity index (χ0n) is 13.8. The first-order valence-electron chi connectivity index (χ1n) is 8.09. The molecule has 1 saturated heterocycles. The van der Waals surface area contributed by atoms with Crippen molar-refractivity contribution in [3.8, 4) is 0 Å². The van der Waals surface area contributed by atoms with E-state index in [0.717, 1.165) is 25.8 Å². The lowest BCUT2D eigenvalue weighted by molar-refractivity contribution is -0.858. The lowest BCUT2D eigenvalue weighted by Gasteiger charge is -2.16. The fraction of sp³-hybridized carbons (Fsp3) is 0.562. The van der Waals surface area contributed by atoms with Crippen molar-refractivity contribution < 1.29 is 18.1 Å². The second-order valence-corrected chi connectivity index (χ2v) is 8.14. The molecule has 0 saturated carbocycles. The summed E-state index contributed by atoms with van der Waals surface area (Å²) in [7, 11) is 0.647. The van der Waals surface area contributed by atoms with Gasteiger partial charge in [-0.05, 0) is 31.0 Å². The maximum atomic E-state index is 12.5. The average molecular weight is 340 g/mol. The van der Waals surface area contributed by atoms with Gasteiger partial charge in [0.2, 0.25) is 10.0 Å². The first-order chi connectivity index (χ1) is 10.9. The number of carbonyl (C=O) groups is 1. The monoisotopic (exact) mass is 340 g/mol. The Hall–Kier alpha value is -1.44. The largest absolute Gasteiger partial charge is 0.352 e. The van der Waals surface area contributed by atoms with Crippen molar-refractivity contribution in [2.75, 3.05) is 40.3 Å². The summed E-state index contributed by atoms with van der Waals surface area (Å²) in [5.74, 6) is -0.225. The van der Waals surface area contributed by atoms with Gasteiger partial charge in [-0.2, -0.15) is 4.31 Å². The molecule has 1 heterocycles. The first-order valence-corrected chi connectivity index (χ1v) is 9.53. The second-order valence-electron chi connectivity index (χ2n) is 6.21. The highest BCUT2D eigenvalue weighted by atomic mass is 32.2. The number of carbonyl (C=O) groups excluding carboxylic acids is 1. The second kappa shape index (κ2) is 7.90. The van der Waals surface area contributed by atoms with E-state index in [0.29, 0.717) is 25.2 Å². The van der Waals surface area contributed by atoms with Gasteiger partial charge in [-0.1, -0.05) is 6.07 Å². The third-order valence-corrected chi connectivity index (χ3v) is 5.83. The van der Waals surface area contributed by atoms with Gasteiger partial charge in [0.15, 0.2) is 0 Å². The molecule has 1 amide bonds. The molecule has 1 aromatic carbocycles. The molecule has 7 heteroatoms. The number of rotatable bonds is 7. The van der Waals surface area contributed by atoms with Gasteiger partial charge in [-0.15, -0.1) is 0 Å². The highest BCUT2D eigenvalue weighted by molar-refractivity contribution is 7.89. The predicted molar refractivity (Wildman–Crippen MR) is 89.1 cm³/mol. The number of sulfonamides is 1. The molecule has 0 unspecified atom stereocenters. The lowest BCUT2D eigenvalue weighted by Crippen LogP contribution is -3.05. The summed E-state index contributed by atoms with van der Waals surface area (Å²) >= 11 is 0. The van der Waals surface area contributed by atoms with Gasteiger partial charge in [0.1, 0.15) is 0 Å². The standard InChI is InChI=1S/C16H25N3O3S/c1-18(2)10-6-9-17-16(20)14-7-5-8-15(13-14)23(21,22)19-11-3-4-12-19/h5,7-8,13H,3-4,6,9-12H2,1-2H3,(H,17,20)/p+1. The van der Waals surface area contributed by atoms with Crippen molar-refractivity contribution in [3.63, 3.8) is 0 Å². The van der Waals surface area contributed by atoms with Crippen LogP contribution in [0.3, 0.4) is 0 Å². The summed E-state index contributed by atoms with van der Waals surface area (Å²) in [4.78, 5) is 13.7. The zero-order chi connectivity index (χ0) is 16.9. The molecule has 0 aliphatic carbocycles. The summed E-state index contributed by atoms with van der Waals surface area (Å²) in [6.07, 6.45) is 2.68. The molecule has 0 spiro atoms. The summed E-state index contributed by atoms with van der Waals surface area (Å²) in [6, 6.07) is 6.30. The van der Waals surface area contributed by atoms with Crippen LogP contribution in [0.25, 0.3) is 0 Å². The van der Waals surface area contributed by atoms with E-state index in [1.165, 1.54) is 15.3 Å². The van der Waals surface area contributed by atoms with E-state index in [1.54, 1.807) is 18.2 Å². The molecule has 2 rings (SSSR count). The van der Waals surface area contributed by atoms with Gasteiger partial charge in [-0.3, -0.25) is 4.79 Å². The van der Waals surface area contributed by atoms with Gasteiger partial charge in [0.25, 0.3) is 5.91 Å². The molecule has 23 heavy (non-hydrogen) atoms. The van der Waals surface area contributed by atoms with Gasteiger partial charge in [0.05, 0.1) is 25.5 Å². The normalized spacial score (nSPS) is 16.0. The van der Waals surface area contributed by atoms with E-state index < -0.39 is 10.0 Å². The van der Waals surface area contributed by atoms with Crippen molar-refractivity contribution in [2.24, 2.45) is 0 Å². The van der Waals surface area contributed by atoms with Crippen LogP contribution in [0.2, 0.25) is 0 Å². The summed E-state index contributed by atoms with van der Waals surface area (Å²) in [5, 5.41) is 2.84. The van der Waals surface area contributed by atoms with Crippen LogP contribution < -0.4 is 10.2 Å². The molecular weight excluding hydrogens is 314 g/mol. The number of nitrogens with zero attached hydrogens (tertiary/aromatic N) is 1. The Morgan fingerprint density at radius 3 is 2.61 bits per heavy atom. The van der Waals surface area contributed by atoms with Crippen LogP contribution in [0.1, 0.15) is 29.6 Å². The summed E-state index contributed by atoms with van der Waals surface area (Å²) in [6.45, 7) is 2.69. The van der Waals surface area contributed by atoms with Crippen LogP contribution in [0, 0.1) is 0 Å². The number of benzene rings is 1. The molecule has 1 aliphatic heterocycles. The Morgan fingerprint density at radius 1 is 1.26 bits per heavy atom. The first kappa shape index (κ1) is 17.9. The van der Waals surface area contributed by atoms with E-state index in [1.807, 2.05) is 0 Å². The van der Waals surface area contributed by atoms with E-state index in [4.69, 9.17) is 0 Å². The topological polar surface area (TPSA) is 70.9 Å². The molecule has 0 aromatic heterocycles. The van der Waals surface area contributed by atoms with Crippen LogP contribution in [0.4, 0.5) is 0 Å². The number of hydrogen-bond acceptors (Lipinski definition) is 3. The van der Waals surface area contributed by atoms with Gasteiger partial charge < -0.3 is 10.2 Å².